The molecule has 0 amide bonds. The van der Waals surface area contributed by atoms with Crippen LogP contribution in [0.5, 0.6) is 11.5 Å². The maximum atomic E-state index is 6.16. The summed E-state index contributed by atoms with van der Waals surface area (Å²) in [5, 5.41) is 0.489. The fourth-order valence-electron chi connectivity index (χ4n) is 1.95. The van der Waals surface area contributed by atoms with Crippen molar-refractivity contribution in [2.45, 2.75) is 19.8 Å². The summed E-state index contributed by atoms with van der Waals surface area (Å²) in [7, 11) is 0. The second kappa shape index (κ2) is 6.77. The quantitative estimate of drug-likeness (QED) is 0.691. The average molecular weight is 385 g/mol. The van der Waals surface area contributed by atoms with Crippen LogP contribution in [-0.4, -0.2) is 4.99 Å². The Balaban J connectivity index is 2.34. The molecule has 0 bridgehead atoms. The zero-order chi connectivity index (χ0) is 15.6. The Bertz CT molecular complexity index is 688. The number of hydrogen-bond donors (Lipinski definition) is 1. The van der Waals surface area contributed by atoms with Crippen LogP contribution >= 0.6 is 39.7 Å². The molecule has 0 saturated carbocycles. The molecule has 0 fully saturated rings. The maximum absolute atomic E-state index is 6.16. The molecule has 0 heterocycles. The van der Waals surface area contributed by atoms with Crippen LogP contribution in [0.4, 0.5) is 0 Å². The first-order valence-electron chi connectivity index (χ1n) is 6.45. The van der Waals surface area contributed by atoms with Crippen molar-refractivity contribution in [1.82, 2.24) is 0 Å². The van der Waals surface area contributed by atoms with E-state index in [1.54, 1.807) is 12.1 Å². The van der Waals surface area contributed by atoms with E-state index in [-0.39, 0.29) is 4.99 Å². The van der Waals surface area contributed by atoms with Crippen molar-refractivity contribution in [1.29, 1.82) is 0 Å². The molecule has 2 rings (SSSR count). The molecule has 2 nitrogen and oxygen atoms in total. The van der Waals surface area contributed by atoms with Crippen LogP contribution < -0.4 is 10.5 Å². The highest BCUT2D eigenvalue weighted by Crippen LogP contribution is 2.34. The number of rotatable bonds is 4. The van der Waals surface area contributed by atoms with Gasteiger partial charge in [0.1, 0.15) is 16.5 Å². The third-order valence-electron chi connectivity index (χ3n) is 3.03. The van der Waals surface area contributed by atoms with Crippen molar-refractivity contribution >= 4 is 44.7 Å². The Morgan fingerprint density at radius 1 is 1.24 bits per heavy atom. The van der Waals surface area contributed by atoms with Gasteiger partial charge in [-0.1, -0.05) is 53.6 Å². The molecule has 2 aromatic carbocycles. The molecule has 0 unspecified atom stereocenters. The molecule has 0 aromatic heterocycles. The van der Waals surface area contributed by atoms with Gasteiger partial charge < -0.3 is 10.5 Å². The molecule has 110 valence electrons. The van der Waals surface area contributed by atoms with Crippen LogP contribution in [0.2, 0.25) is 5.02 Å². The molecule has 0 aliphatic heterocycles. The van der Waals surface area contributed by atoms with E-state index in [1.807, 2.05) is 18.2 Å². The molecular weight excluding hydrogens is 370 g/mol. The van der Waals surface area contributed by atoms with Crippen LogP contribution in [0.25, 0.3) is 0 Å². The van der Waals surface area contributed by atoms with Gasteiger partial charge in [0.2, 0.25) is 0 Å². The molecule has 0 aliphatic carbocycles. The van der Waals surface area contributed by atoms with Crippen LogP contribution in [0, 0.1) is 0 Å². The van der Waals surface area contributed by atoms with Gasteiger partial charge in [-0.05, 0) is 41.8 Å². The van der Waals surface area contributed by atoms with Gasteiger partial charge in [0, 0.05) is 16.1 Å². The van der Waals surface area contributed by atoms with E-state index in [4.69, 9.17) is 34.3 Å². The van der Waals surface area contributed by atoms with Crippen molar-refractivity contribution in [3.8, 4) is 11.5 Å². The number of benzene rings is 2. The zero-order valence-corrected chi connectivity index (χ0v) is 14.8. The summed E-state index contributed by atoms with van der Waals surface area (Å²) >= 11 is 14.6. The largest absolute Gasteiger partial charge is 0.457 e. The van der Waals surface area contributed by atoms with Gasteiger partial charge >= 0.3 is 0 Å². The highest BCUT2D eigenvalue weighted by molar-refractivity contribution is 9.10. The lowest BCUT2D eigenvalue weighted by Gasteiger charge is -2.15. The monoisotopic (exact) mass is 383 g/mol. The van der Waals surface area contributed by atoms with Crippen molar-refractivity contribution < 1.29 is 4.74 Å². The van der Waals surface area contributed by atoms with Crippen LogP contribution in [0.15, 0.2) is 40.9 Å². The number of halogens is 2. The summed E-state index contributed by atoms with van der Waals surface area (Å²) < 4.78 is 6.98. The Morgan fingerprint density at radius 3 is 2.52 bits per heavy atom. The minimum atomic E-state index is 0.276. The molecule has 0 saturated heterocycles. The first-order valence-corrected chi connectivity index (χ1v) is 8.03. The van der Waals surface area contributed by atoms with E-state index in [1.165, 1.54) is 0 Å². The Kier molecular flexibility index (Phi) is 5.25. The lowest BCUT2D eigenvalue weighted by molar-refractivity contribution is 0.473. The van der Waals surface area contributed by atoms with Crippen LogP contribution in [0.1, 0.15) is 30.9 Å². The van der Waals surface area contributed by atoms with Gasteiger partial charge in [0.15, 0.2) is 0 Å². The smallest absolute Gasteiger partial charge is 0.130 e. The van der Waals surface area contributed by atoms with Crippen molar-refractivity contribution in [2.24, 2.45) is 5.73 Å². The van der Waals surface area contributed by atoms with E-state index < -0.39 is 0 Å². The lowest BCUT2D eigenvalue weighted by atomic mass is 10.0. The van der Waals surface area contributed by atoms with E-state index in [0.29, 0.717) is 22.3 Å². The first-order chi connectivity index (χ1) is 9.88. The third-order valence-corrected chi connectivity index (χ3v) is 4.05. The summed E-state index contributed by atoms with van der Waals surface area (Å²) in [6.07, 6.45) is 0. The molecule has 2 aromatic rings. The van der Waals surface area contributed by atoms with Crippen LogP contribution in [-0.2, 0) is 0 Å². The highest BCUT2D eigenvalue weighted by Gasteiger charge is 2.11. The SMILES string of the molecule is CC(C)c1cc(Br)ccc1Oc1ccc(C(N)=S)c(Cl)c1. The number of nitrogens with two attached hydrogens (primary N) is 1. The van der Waals surface area contributed by atoms with Crippen molar-refractivity contribution in [3.05, 3.63) is 57.0 Å². The zero-order valence-electron chi connectivity index (χ0n) is 11.7. The third kappa shape index (κ3) is 3.96. The Hall–Kier alpha value is -1.10. The summed E-state index contributed by atoms with van der Waals surface area (Å²) in [6, 6.07) is 11.3. The topological polar surface area (TPSA) is 35.2 Å². The second-order valence-corrected chi connectivity index (χ2v) is 6.71. The molecule has 0 radical (unpaired) electrons. The van der Waals surface area contributed by atoms with E-state index in [0.717, 1.165) is 15.8 Å². The summed E-state index contributed by atoms with van der Waals surface area (Å²) in [5.41, 5.74) is 7.37. The molecule has 2 N–H and O–H groups in total. The molecule has 0 atom stereocenters. The number of thiocarbonyl (C=S) groups is 1. The predicted molar refractivity (Wildman–Crippen MR) is 95.6 cm³/mol. The summed E-state index contributed by atoms with van der Waals surface area (Å²) in [6.45, 7) is 4.25. The fourth-order valence-corrected chi connectivity index (χ4v) is 2.83. The minimum absolute atomic E-state index is 0.276. The van der Waals surface area contributed by atoms with Crippen LogP contribution in [0.3, 0.4) is 0 Å². The average Bonchev–Trinajstić information content (AvgIpc) is 2.40. The first kappa shape index (κ1) is 16.3. The predicted octanol–water partition coefficient (Wildman–Crippen LogP) is 5.65. The number of ether oxygens (including phenoxy) is 1. The summed E-state index contributed by atoms with van der Waals surface area (Å²) in [5.74, 6) is 1.82. The van der Waals surface area contributed by atoms with Gasteiger partial charge in [0.05, 0.1) is 5.02 Å². The fraction of sp³-hybridized carbons (Fsp3) is 0.188. The van der Waals surface area contributed by atoms with Crippen molar-refractivity contribution in [3.63, 3.8) is 0 Å². The van der Waals surface area contributed by atoms with E-state index in [9.17, 15) is 0 Å². The normalized spacial score (nSPS) is 10.7. The van der Waals surface area contributed by atoms with Gasteiger partial charge in [0.25, 0.3) is 0 Å². The molecule has 21 heavy (non-hydrogen) atoms. The van der Waals surface area contributed by atoms with E-state index >= 15 is 0 Å². The standard InChI is InChI=1S/C16H15BrClNOS/c1-9(2)13-7-10(17)3-6-15(13)20-11-4-5-12(16(19)21)14(18)8-11/h3-9H,1-2H3,(H2,19,21). The number of hydrogen-bond acceptors (Lipinski definition) is 2. The molecular formula is C16H15BrClNOS. The molecule has 5 heteroatoms. The molecule has 0 aliphatic rings. The van der Waals surface area contributed by atoms with Gasteiger partial charge in [-0.3, -0.25) is 0 Å². The highest BCUT2D eigenvalue weighted by atomic mass is 79.9. The van der Waals surface area contributed by atoms with Gasteiger partial charge in [-0.15, -0.1) is 0 Å². The van der Waals surface area contributed by atoms with Gasteiger partial charge in [-0.2, -0.15) is 0 Å². The van der Waals surface area contributed by atoms with E-state index in [2.05, 4.69) is 35.8 Å². The Morgan fingerprint density at radius 2 is 1.95 bits per heavy atom. The second-order valence-electron chi connectivity index (χ2n) is 4.94. The Labute approximate surface area is 143 Å². The summed E-state index contributed by atoms with van der Waals surface area (Å²) in [4.78, 5) is 0.276. The van der Waals surface area contributed by atoms with Crippen molar-refractivity contribution in [2.75, 3.05) is 0 Å². The minimum Gasteiger partial charge on any atom is -0.457 e. The molecule has 0 spiro atoms. The lowest BCUT2D eigenvalue weighted by Crippen LogP contribution is -2.09. The maximum Gasteiger partial charge on any atom is 0.130 e. The van der Waals surface area contributed by atoms with Gasteiger partial charge in [-0.25, -0.2) is 0 Å².